The van der Waals surface area contributed by atoms with Crippen LogP contribution >= 0.6 is 0 Å². The number of ether oxygens (including phenoxy) is 1. The highest BCUT2D eigenvalue weighted by Gasteiger charge is 2.58. The molecule has 2 atom stereocenters. The van der Waals surface area contributed by atoms with Crippen molar-refractivity contribution < 1.29 is 22.7 Å². The van der Waals surface area contributed by atoms with E-state index < -0.39 is 33.2 Å². The number of nitriles is 1. The molecule has 2 aliphatic heterocycles. The van der Waals surface area contributed by atoms with Gasteiger partial charge in [-0.2, -0.15) is 9.57 Å². The number of hydrogen-bond acceptors (Lipinski definition) is 6. The Morgan fingerprint density at radius 2 is 1.84 bits per heavy atom. The molecule has 2 amide bonds. The van der Waals surface area contributed by atoms with Crippen molar-refractivity contribution in [2.75, 3.05) is 26.4 Å². The predicted molar refractivity (Wildman–Crippen MR) is 138 cm³/mol. The van der Waals surface area contributed by atoms with Crippen LogP contribution in [0.15, 0.2) is 53.5 Å². The smallest absolute Gasteiger partial charge is 0.437 e. The van der Waals surface area contributed by atoms with Crippen LogP contribution in [-0.2, 0) is 25.1 Å². The van der Waals surface area contributed by atoms with Gasteiger partial charge in [0, 0.05) is 20.1 Å². The highest BCUT2D eigenvalue weighted by molar-refractivity contribution is 7.88. The zero-order chi connectivity index (χ0) is 27.2. The summed E-state index contributed by atoms with van der Waals surface area (Å²) in [4.78, 5) is 31.3. The molecule has 10 nitrogen and oxygen atoms in total. The van der Waals surface area contributed by atoms with Gasteiger partial charge >= 0.3 is 6.09 Å². The zero-order valence-electron chi connectivity index (χ0n) is 21.3. The third-order valence-electron chi connectivity index (χ3n) is 6.45. The molecule has 0 saturated carbocycles. The van der Waals surface area contributed by atoms with E-state index in [0.29, 0.717) is 11.1 Å². The van der Waals surface area contributed by atoms with Crippen LogP contribution in [0.2, 0.25) is 0 Å². The number of nitrogens with zero attached hydrogens (tertiary/aromatic N) is 4. The van der Waals surface area contributed by atoms with E-state index in [-0.39, 0.29) is 25.0 Å². The Labute approximate surface area is 216 Å². The van der Waals surface area contributed by atoms with Crippen LogP contribution in [0.4, 0.5) is 4.79 Å². The molecule has 37 heavy (non-hydrogen) atoms. The molecule has 2 unspecified atom stereocenters. The van der Waals surface area contributed by atoms with Crippen molar-refractivity contribution in [2.45, 2.75) is 31.9 Å². The molecule has 2 saturated heterocycles. The molecule has 0 radical (unpaired) electrons. The Kier molecular flexibility index (Phi) is 6.60. The van der Waals surface area contributed by atoms with E-state index in [0.717, 1.165) is 17.4 Å². The van der Waals surface area contributed by atoms with E-state index in [1.807, 2.05) is 30.3 Å². The van der Waals surface area contributed by atoms with Crippen LogP contribution in [0.25, 0.3) is 11.1 Å². The maximum absolute atomic E-state index is 13.6. The molecule has 2 fully saturated rings. The molecule has 2 heterocycles. The quantitative estimate of drug-likeness (QED) is 0.654. The van der Waals surface area contributed by atoms with E-state index in [9.17, 15) is 23.3 Å². The molecule has 2 aromatic rings. The zero-order valence-corrected chi connectivity index (χ0v) is 22.2. The van der Waals surface area contributed by atoms with Crippen LogP contribution in [0.3, 0.4) is 0 Å². The first-order chi connectivity index (χ1) is 17.2. The van der Waals surface area contributed by atoms with Gasteiger partial charge in [0.2, 0.25) is 21.9 Å². The summed E-state index contributed by atoms with van der Waals surface area (Å²) in [5.74, 6) is -1.17. The van der Waals surface area contributed by atoms with Crippen molar-refractivity contribution in [3.05, 3.63) is 59.7 Å². The van der Waals surface area contributed by atoms with Gasteiger partial charge in [0.15, 0.2) is 0 Å². The Hall–Kier alpha value is -3.75. The predicted octanol–water partition coefficient (Wildman–Crippen LogP) is 2.66. The van der Waals surface area contributed by atoms with Crippen molar-refractivity contribution in [3.8, 4) is 17.2 Å². The first-order valence-electron chi connectivity index (χ1n) is 11.7. The maximum atomic E-state index is 13.6. The van der Waals surface area contributed by atoms with E-state index in [2.05, 4.69) is 16.4 Å². The lowest BCUT2D eigenvalue weighted by Gasteiger charge is -2.43. The summed E-state index contributed by atoms with van der Waals surface area (Å²) >= 11 is 0. The number of aliphatic imine (C=N–C) groups is 1. The largest absolute Gasteiger partial charge is 0.442 e. The van der Waals surface area contributed by atoms with Crippen LogP contribution in [0.1, 0.15) is 31.9 Å². The average molecular weight is 524 g/mol. The topological polar surface area (TPSA) is 132 Å². The molecule has 0 bridgehead atoms. The number of nitrogens with one attached hydrogen (secondary N) is 1. The number of rotatable bonds is 3. The molecule has 0 aromatic heterocycles. The van der Waals surface area contributed by atoms with E-state index >= 15 is 0 Å². The van der Waals surface area contributed by atoms with Crippen molar-refractivity contribution in [3.63, 3.8) is 0 Å². The van der Waals surface area contributed by atoms with Gasteiger partial charge in [-0.1, -0.05) is 30.3 Å². The van der Waals surface area contributed by atoms with Crippen LogP contribution in [0.5, 0.6) is 0 Å². The summed E-state index contributed by atoms with van der Waals surface area (Å²) in [6.07, 6.45) is 0.231. The Balaban J connectivity index is 1.84. The molecule has 194 valence electrons. The Bertz CT molecular complexity index is 1440. The lowest BCUT2D eigenvalue weighted by molar-refractivity contribution is -0.134. The molecule has 0 aliphatic carbocycles. The van der Waals surface area contributed by atoms with Crippen molar-refractivity contribution in [1.29, 1.82) is 5.26 Å². The maximum Gasteiger partial charge on any atom is 0.437 e. The molecule has 1 N–H and O–H groups in total. The highest BCUT2D eigenvalue weighted by Crippen LogP contribution is 2.42. The van der Waals surface area contributed by atoms with Crippen LogP contribution < -0.4 is 5.32 Å². The van der Waals surface area contributed by atoms with Gasteiger partial charge in [-0.15, -0.1) is 4.99 Å². The summed E-state index contributed by atoms with van der Waals surface area (Å²) < 4.78 is 31.7. The number of benzene rings is 2. The summed E-state index contributed by atoms with van der Waals surface area (Å²) in [6.45, 7) is 5.06. The first kappa shape index (κ1) is 26.3. The fourth-order valence-corrected chi connectivity index (χ4v) is 5.54. The summed E-state index contributed by atoms with van der Waals surface area (Å²) in [7, 11) is -2.15. The summed E-state index contributed by atoms with van der Waals surface area (Å²) in [6, 6.07) is 16.6. The van der Waals surface area contributed by atoms with Gasteiger partial charge in [0.25, 0.3) is 0 Å². The second-order valence-corrected chi connectivity index (χ2v) is 12.3. The van der Waals surface area contributed by atoms with Crippen molar-refractivity contribution in [2.24, 2.45) is 10.9 Å². The molecular formula is C26H29N5O5S. The van der Waals surface area contributed by atoms with E-state index in [4.69, 9.17) is 4.74 Å². The van der Waals surface area contributed by atoms with E-state index in [1.54, 1.807) is 39.0 Å². The lowest BCUT2D eigenvalue weighted by Crippen LogP contribution is -2.65. The number of guanidine groups is 1. The molecule has 2 aliphatic rings. The van der Waals surface area contributed by atoms with Crippen molar-refractivity contribution >= 4 is 28.0 Å². The van der Waals surface area contributed by atoms with Gasteiger partial charge in [-0.25, -0.2) is 13.2 Å². The van der Waals surface area contributed by atoms with Crippen LogP contribution in [0, 0.1) is 17.2 Å². The number of amides is 2. The van der Waals surface area contributed by atoms with Gasteiger partial charge in [-0.3, -0.25) is 9.69 Å². The molecule has 4 rings (SSSR count). The number of fused-ring (bicyclic) bond motifs is 1. The highest BCUT2D eigenvalue weighted by atomic mass is 32.2. The Morgan fingerprint density at radius 3 is 2.46 bits per heavy atom. The normalized spacial score (nSPS) is 23.4. The molecule has 0 spiro atoms. The number of sulfonamides is 1. The van der Waals surface area contributed by atoms with Gasteiger partial charge < -0.3 is 10.1 Å². The first-order valence-corrected chi connectivity index (χ1v) is 13.5. The summed E-state index contributed by atoms with van der Waals surface area (Å²) in [5.41, 5.74) is 0.777. The standard InChI is InChI=1S/C26H29N5O5S/c1-25(2,3)36-24(33)28-23-29-26(16-31(37(5,34)35)15-21(26)22(32)30(23)4)20-11-7-10-19(13-20)18-9-6-8-17(12-18)14-27/h6-13,21H,15-16H2,1-5H3,(H,28,29,33). The average Bonchev–Trinajstić information content (AvgIpc) is 3.23. The number of carbonyl (C=O) groups is 2. The van der Waals surface area contributed by atoms with Gasteiger partial charge in [-0.05, 0) is 55.7 Å². The van der Waals surface area contributed by atoms with Gasteiger partial charge in [0.1, 0.15) is 5.60 Å². The fourth-order valence-electron chi connectivity index (χ4n) is 4.69. The minimum Gasteiger partial charge on any atom is -0.442 e. The third kappa shape index (κ3) is 5.21. The van der Waals surface area contributed by atoms with Gasteiger partial charge in [0.05, 0.1) is 29.3 Å². The second kappa shape index (κ2) is 9.28. The monoisotopic (exact) mass is 523 g/mol. The molecule has 2 aromatic carbocycles. The number of hydrogen-bond donors (Lipinski definition) is 1. The SMILES string of the molecule is CN1C(=O)C2CN(S(C)(=O)=O)CC2(c2cccc(-c3cccc(C#N)c3)c2)N/C1=N/C(=O)OC(C)(C)C. The van der Waals surface area contributed by atoms with E-state index in [1.165, 1.54) is 16.3 Å². The van der Waals surface area contributed by atoms with Crippen LogP contribution in [-0.4, -0.2) is 67.6 Å². The minimum atomic E-state index is -3.63. The Morgan fingerprint density at radius 1 is 1.19 bits per heavy atom. The molecule has 11 heteroatoms. The molecular weight excluding hydrogens is 494 g/mol. The minimum absolute atomic E-state index is 0.0249. The lowest BCUT2D eigenvalue weighted by atomic mass is 9.77. The number of carbonyl (C=O) groups excluding carboxylic acids is 2. The summed E-state index contributed by atoms with van der Waals surface area (Å²) in [5, 5.41) is 12.5. The fraction of sp³-hybridized carbons (Fsp3) is 0.385. The second-order valence-electron chi connectivity index (χ2n) is 10.3. The third-order valence-corrected chi connectivity index (χ3v) is 7.67. The van der Waals surface area contributed by atoms with Crippen molar-refractivity contribution in [1.82, 2.24) is 14.5 Å².